The molecule has 164 valence electrons. The summed E-state index contributed by atoms with van der Waals surface area (Å²) in [6.45, 7) is 10.8. The highest BCUT2D eigenvalue weighted by atomic mass is 16.5. The van der Waals surface area contributed by atoms with E-state index < -0.39 is 0 Å². The first kappa shape index (κ1) is 22.6. The fourth-order valence-corrected chi connectivity index (χ4v) is 3.89. The molecule has 0 aromatic heterocycles. The minimum Gasteiger partial charge on any atom is -0.492 e. The van der Waals surface area contributed by atoms with Crippen molar-refractivity contribution in [3.05, 3.63) is 59.2 Å². The lowest BCUT2D eigenvalue weighted by Crippen LogP contribution is -2.30. The molecule has 2 aromatic rings. The van der Waals surface area contributed by atoms with Crippen molar-refractivity contribution in [3.8, 4) is 11.5 Å². The van der Waals surface area contributed by atoms with Gasteiger partial charge >= 0.3 is 0 Å². The molecule has 0 spiro atoms. The van der Waals surface area contributed by atoms with E-state index in [-0.39, 0.29) is 6.04 Å². The molecule has 0 radical (unpaired) electrons. The zero-order chi connectivity index (χ0) is 21.3. The van der Waals surface area contributed by atoms with Gasteiger partial charge < -0.3 is 24.6 Å². The Morgan fingerprint density at radius 3 is 2.40 bits per heavy atom. The summed E-state index contributed by atoms with van der Waals surface area (Å²) in [5, 5.41) is 3.68. The lowest BCUT2D eigenvalue weighted by atomic mass is 9.89. The molecule has 0 bridgehead atoms. The van der Waals surface area contributed by atoms with Crippen molar-refractivity contribution in [2.75, 3.05) is 60.0 Å². The second-order valence-electron chi connectivity index (χ2n) is 8.10. The third kappa shape index (κ3) is 6.21. The van der Waals surface area contributed by atoms with Gasteiger partial charge in [0.25, 0.3) is 0 Å². The molecule has 1 unspecified atom stereocenters. The minimum atomic E-state index is 0.191. The lowest BCUT2D eigenvalue weighted by molar-refractivity contribution is 0.222. The van der Waals surface area contributed by atoms with Gasteiger partial charge in [-0.05, 0) is 74.6 Å². The molecule has 30 heavy (non-hydrogen) atoms. The molecule has 1 aliphatic rings. The smallest absolute Gasteiger partial charge is 0.119 e. The van der Waals surface area contributed by atoms with Gasteiger partial charge in [0.2, 0.25) is 0 Å². The number of hydrogen-bond acceptors (Lipinski definition) is 5. The van der Waals surface area contributed by atoms with Crippen molar-refractivity contribution < 1.29 is 9.47 Å². The number of nitrogens with one attached hydrogen (secondary N) is 1. The van der Waals surface area contributed by atoms with E-state index in [2.05, 4.69) is 85.5 Å². The van der Waals surface area contributed by atoms with Crippen LogP contribution in [-0.4, -0.2) is 69.8 Å². The zero-order valence-electron chi connectivity index (χ0n) is 19.0. The highest BCUT2D eigenvalue weighted by molar-refractivity contribution is 5.45. The maximum absolute atomic E-state index is 6.05. The van der Waals surface area contributed by atoms with E-state index in [1.807, 2.05) is 0 Å². The fourth-order valence-electron chi connectivity index (χ4n) is 3.89. The standard InChI is InChI=1S/C25H37N3O2/c1-5-28(6-2)15-17-30-22-9-7-8-21(19-22)25-24-11-10-23(29-16-14-27(3)4)18-20(24)12-13-26-25/h7-11,18-19,25-26H,5-6,12-17H2,1-4H3. The quantitative estimate of drug-likeness (QED) is 0.612. The maximum atomic E-state index is 6.05. The van der Waals surface area contributed by atoms with Crippen LogP contribution in [0.2, 0.25) is 0 Å². The summed E-state index contributed by atoms with van der Waals surface area (Å²) in [6.07, 6.45) is 1.02. The Morgan fingerprint density at radius 2 is 1.67 bits per heavy atom. The van der Waals surface area contributed by atoms with Gasteiger partial charge in [0, 0.05) is 19.6 Å². The van der Waals surface area contributed by atoms with Crippen LogP contribution in [0.4, 0.5) is 0 Å². The van der Waals surface area contributed by atoms with Gasteiger partial charge in [-0.15, -0.1) is 0 Å². The number of benzene rings is 2. The lowest BCUT2D eigenvalue weighted by Gasteiger charge is -2.28. The molecule has 0 saturated heterocycles. The molecule has 5 nitrogen and oxygen atoms in total. The highest BCUT2D eigenvalue weighted by Crippen LogP contribution is 2.32. The van der Waals surface area contributed by atoms with E-state index in [0.29, 0.717) is 13.2 Å². The second-order valence-corrected chi connectivity index (χ2v) is 8.10. The van der Waals surface area contributed by atoms with Gasteiger partial charge in [-0.25, -0.2) is 0 Å². The Bertz CT molecular complexity index is 790. The molecule has 0 fully saturated rings. The van der Waals surface area contributed by atoms with Gasteiger partial charge in [-0.1, -0.05) is 32.0 Å². The molecule has 2 aromatic carbocycles. The first-order valence-corrected chi connectivity index (χ1v) is 11.2. The maximum Gasteiger partial charge on any atom is 0.119 e. The Labute approximate surface area is 182 Å². The monoisotopic (exact) mass is 411 g/mol. The molecular formula is C25H37N3O2. The SMILES string of the molecule is CCN(CC)CCOc1cccc(C2NCCc3cc(OCCN(C)C)ccc32)c1. The summed E-state index contributed by atoms with van der Waals surface area (Å²) in [5.74, 6) is 1.90. The van der Waals surface area contributed by atoms with Gasteiger partial charge in [0.1, 0.15) is 24.7 Å². The fraction of sp³-hybridized carbons (Fsp3) is 0.520. The van der Waals surface area contributed by atoms with E-state index in [1.165, 1.54) is 16.7 Å². The Kier molecular flexibility index (Phi) is 8.55. The largest absolute Gasteiger partial charge is 0.492 e. The van der Waals surface area contributed by atoms with Gasteiger partial charge in [-0.2, -0.15) is 0 Å². The van der Waals surface area contributed by atoms with Crippen LogP contribution in [0.25, 0.3) is 0 Å². The van der Waals surface area contributed by atoms with E-state index >= 15 is 0 Å². The summed E-state index contributed by atoms with van der Waals surface area (Å²) in [6, 6.07) is 15.2. The van der Waals surface area contributed by atoms with Crippen LogP contribution in [-0.2, 0) is 6.42 Å². The van der Waals surface area contributed by atoms with Crippen LogP contribution in [0.5, 0.6) is 11.5 Å². The van der Waals surface area contributed by atoms with E-state index in [4.69, 9.17) is 9.47 Å². The van der Waals surface area contributed by atoms with E-state index in [9.17, 15) is 0 Å². The van der Waals surface area contributed by atoms with Crippen LogP contribution in [0.1, 0.15) is 36.6 Å². The molecule has 1 heterocycles. The number of ether oxygens (including phenoxy) is 2. The number of rotatable bonds is 11. The van der Waals surface area contributed by atoms with Crippen molar-refractivity contribution in [1.29, 1.82) is 0 Å². The number of fused-ring (bicyclic) bond motifs is 1. The number of likely N-dealkylation sites (N-methyl/N-ethyl adjacent to an activating group) is 2. The summed E-state index contributed by atoms with van der Waals surface area (Å²) < 4.78 is 12.0. The summed E-state index contributed by atoms with van der Waals surface area (Å²) in [5.41, 5.74) is 3.95. The molecule has 1 N–H and O–H groups in total. The molecule has 5 heteroatoms. The normalized spacial score (nSPS) is 16.0. The Morgan fingerprint density at radius 1 is 0.933 bits per heavy atom. The van der Waals surface area contributed by atoms with Crippen LogP contribution in [0, 0.1) is 0 Å². The molecule has 1 aliphatic heterocycles. The highest BCUT2D eigenvalue weighted by Gasteiger charge is 2.22. The molecule has 0 amide bonds. The van der Waals surface area contributed by atoms with Gasteiger partial charge in [0.15, 0.2) is 0 Å². The summed E-state index contributed by atoms with van der Waals surface area (Å²) >= 11 is 0. The van der Waals surface area contributed by atoms with Crippen molar-refractivity contribution in [3.63, 3.8) is 0 Å². The average Bonchev–Trinajstić information content (AvgIpc) is 2.76. The van der Waals surface area contributed by atoms with Crippen LogP contribution < -0.4 is 14.8 Å². The molecule has 1 atom stereocenters. The van der Waals surface area contributed by atoms with Crippen molar-refractivity contribution in [2.24, 2.45) is 0 Å². The summed E-state index contributed by atoms with van der Waals surface area (Å²) in [4.78, 5) is 4.51. The van der Waals surface area contributed by atoms with Crippen LogP contribution >= 0.6 is 0 Å². The minimum absolute atomic E-state index is 0.191. The predicted molar refractivity (Wildman–Crippen MR) is 124 cm³/mol. The molecular weight excluding hydrogens is 374 g/mol. The zero-order valence-corrected chi connectivity index (χ0v) is 19.0. The Balaban J connectivity index is 1.67. The average molecular weight is 412 g/mol. The molecule has 3 rings (SSSR count). The third-order valence-corrected chi connectivity index (χ3v) is 5.74. The summed E-state index contributed by atoms with van der Waals surface area (Å²) in [7, 11) is 4.13. The first-order valence-electron chi connectivity index (χ1n) is 11.2. The number of hydrogen-bond donors (Lipinski definition) is 1. The topological polar surface area (TPSA) is 37.0 Å². The van der Waals surface area contributed by atoms with Gasteiger partial charge in [0.05, 0.1) is 6.04 Å². The van der Waals surface area contributed by atoms with E-state index in [1.54, 1.807) is 0 Å². The van der Waals surface area contributed by atoms with Crippen molar-refractivity contribution in [2.45, 2.75) is 26.3 Å². The van der Waals surface area contributed by atoms with Crippen LogP contribution in [0.3, 0.4) is 0 Å². The molecule has 0 aliphatic carbocycles. The molecule has 0 saturated carbocycles. The predicted octanol–water partition coefficient (Wildman–Crippen LogP) is 3.58. The Hall–Kier alpha value is -2.08. The third-order valence-electron chi connectivity index (χ3n) is 5.74. The first-order chi connectivity index (χ1) is 14.6. The van der Waals surface area contributed by atoms with Crippen LogP contribution in [0.15, 0.2) is 42.5 Å². The van der Waals surface area contributed by atoms with Crippen molar-refractivity contribution in [1.82, 2.24) is 15.1 Å². The number of nitrogens with zero attached hydrogens (tertiary/aromatic N) is 2. The van der Waals surface area contributed by atoms with E-state index in [0.717, 1.165) is 50.6 Å². The second kappa shape index (κ2) is 11.3. The van der Waals surface area contributed by atoms with Crippen molar-refractivity contribution >= 4 is 0 Å². The van der Waals surface area contributed by atoms with Gasteiger partial charge in [-0.3, -0.25) is 0 Å².